The lowest BCUT2D eigenvalue weighted by atomic mass is 10.1. The maximum absolute atomic E-state index is 5.80. The summed E-state index contributed by atoms with van der Waals surface area (Å²) in [7, 11) is -0.884. The van der Waals surface area contributed by atoms with E-state index in [9.17, 15) is 0 Å². The fourth-order valence-corrected chi connectivity index (χ4v) is 3.53. The number of hydrogen-bond donors (Lipinski definition) is 0. The molecular weight excluding hydrogens is 152 g/mol. The molecule has 0 aromatic heterocycles. The summed E-state index contributed by atoms with van der Waals surface area (Å²) >= 11 is 0. The van der Waals surface area contributed by atoms with Crippen LogP contribution in [0.4, 0.5) is 0 Å². The summed E-state index contributed by atoms with van der Waals surface area (Å²) in [5.41, 5.74) is 0. The van der Waals surface area contributed by atoms with Crippen LogP contribution >= 0.6 is 0 Å². The summed E-state index contributed by atoms with van der Waals surface area (Å²) in [6.07, 6.45) is 5.56. The van der Waals surface area contributed by atoms with Gasteiger partial charge < -0.3 is 4.74 Å². The zero-order chi connectivity index (χ0) is 8.32. The first kappa shape index (κ1) is 9.27. The quantitative estimate of drug-likeness (QED) is 0.582. The second-order valence-electron chi connectivity index (χ2n) is 4.42. The van der Waals surface area contributed by atoms with Crippen LogP contribution in [0.2, 0.25) is 19.1 Å². The van der Waals surface area contributed by atoms with Gasteiger partial charge in [-0.2, -0.15) is 0 Å². The van der Waals surface area contributed by atoms with Crippen molar-refractivity contribution in [2.75, 3.05) is 6.23 Å². The van der Waals surface area contributed by atoms with Crippen LogP contribution in [0, 0.1) is 0 Å². The van der Waals surface area contributed by atoms with Crippen LogP contribution < -0.4 is 0 Å². The van der Waals surface area contributed by atoms with Crippen molar-refractivity contribution in [3.8, 4) is 0 Å². The fraction of sp³-hybridized carbons (Fsp3) is 1.00. The van der Waals surface area contributed by atoms with Crippen LogP contribution in [-0.4, -0.2) is 20.4 Å². The first-order chi connectivity index (χ1) is 5.14. The summed E-state index contributed by atoms with van der Waals surface area (Å²) in [6.45, 7) is 7.09. The Morgan fingerprint density at radius 1 is 1.45 bits per heavy atom. The predicted molar refractivity (Wildman–Crippen MR) is 51.6 cm³/mol. The normalized spacial score (nSPS) is 30.3. The van der Waals surface area contributed by atoms with E-state index in [1.165, 1.54) is 25.3 Å². The molecular formula is C9H20OSi. The Balaban J connectivity index is 2.25. The van der Waals surface area contributed by atoms with E-state index >= 15 is 0 Å². The predicted octanol–water partition coefficient (Wildman–Crippen LogP) is 2.82. The number of ether oxygens (including phenoxy) is 1. The molecule has 1 atom stereocenters. The Bertz CT molecular complexity index is 113. The van der Waals surface area contributed by atoms with Crippen LogP contribution in [0.25, 0.3) is 0 Å². The van der Waals surface area contributed by atoms with Crippen molar-refractivity contribution in [1.82, 2.24) is 0 Å². The summed E-state index contributed by atoms with van der Waals surface area (Å²) < 4.78 is 5.80. The van der Waals surface area contributed by atoms with E-state index in [1.54, 1.807) is 0 Å². The average Bonchev–Trinajstić information content (AvgIpc) is 1.94. The van der Waals surface area contributed by atoms with E-state index in [4.69, 9.17) is 4.74 Å². The van der Waals surface area contributed by atoms with Gasteiger partial charge in [0.1, 0.15) is 0 Å². The Kier molecular flexibility index (Phi) is 3.13. The molecule has 0 aliphatic carbocycles. The minimum Gasteiger partial charge on any atom is -0.382 e. The highest BCUT2D eigenvalue weighted by Gasteiger charge is 2.28. The van der Waals surface area contributed by atoms with Gasteiger partial charge in [0, 0.05) is 6.23 Å². The van der Waals surface area contributed by atoms with Crippen molar-refractivity contribution >= 4 is 8.07 Å². The molecule has 0 aromatic rings. The van der Waals surface area contributed by atoms with E-state index in [-0.39, 0.29) is 0 Å². The zero-order valence-corrected chi connectivity index (χ0v) is 9.02. The Hall–Kier alpha value is 0.177. The lowest BCUT2D eigenvalue weighted by Crippen LogP contribution is -2.40. The van der Waals surface area contributed by atoms with Gasteiger partial charge in [0.2, 0.25) is 0 Å². The Morgan fingerprint density at radius 3 is 2.64 bits per heavy atom. The molecule has 1 rings (SSSR count). The van der Waals surface area contributed by atoms with Gasteiger partial charge in [0.15, 0.2) is 0 Å². The first-order valence-corrected chi connectivity index (χ1v) is 8.17. The van der Waals surface area contributed by atoms with Crippen LogP contribution in [0.5, 0.6) is 0 Å². The lowest BCUT2D eigenvalue weighted by molar-refractivity contribution is 0.0606. The SMILES string of the molecule is CCC[C@@H]1CC[Si](C)(C)CO1. The van der Waals surface area contributed by atoms with E-state index in [0.29, 0.717) is 6.10 Å². The molecule has 1 aliphatic rings. The van der Waals surface area contributed by atoms with E-state index in [2.05, 4.69) is 20.0 Å². The lowest BCUT2D eigenvalue weighted by Gasteiger charge is -2.32. The number of hydrogen-bond acceptors (Lipinski definition) is 1. The molecule has 11 heavy (non-hydrogen) atoms. The summed E-state index contributed by atoms with van der Waals surface area (Å²) in [5.74, 6) is 0. The van der Waals surface area contributed by atoms with Crippen molar-refractivity contribution < 1.29 is 4.74 Å². The van der Waals surface area contributed by atoms with Gasteiger partial charge >= 0.3 is 0 Å². The fourth-order valence-electron chi connectivity index (χ4n) is 1.60. The molecule has 0 N–H and O–H groups in total. The molecule has 1 nitrogen and oxygen atoms in total. The second-order valence-corrected chi connectivity index (χ2v) is 9.54. The Morgan fingerprint density at radius 2 is 2.18 bits per heavy atom. The largest absolute Gasteiger partial charge is 0.382 e. The van der Waals surface area contributed by atoms with Crippen molar-refractivity contribution in [3.05, 3.63) is 0 Å². The highest BCUT2D eigenvalue weighted by molar-refractivity contribution is 6.77. The molecule has 66 valence electrons. The molecule has 1 saturated heterocycles. The smallest absolute Gasteiger partial charge is 0.0777 e. The van der Waals surface area contributed by atoms with Crippen molar-refractivity contribution in [2.45, 2.75) is 51.4 Å². The molecule has 1 heterocycles. The van der Waals surface area contributed by atoms with Gasteiger partial charge in [0.25, 0.3) is 0 Å². The van der Waals surface area contributed by atoms with Crippen LogP contribution in [0.3, 0.4) is 0 Å². The maximum Gasteiger partial charge on any atom is 0.0777 e. The maximum atomic E-state index is 5.80. The minimum atomic E-state index is -0.884. The molecule has 1 aliphatic heterocycles. The third kappa shape index (κ3) is 2.95. The molecule has 0 amide bonds. The van der Waals surface area contributed by atoms with Crippen LogP contribution in [-0.2, 0) is 4.74 Å². The summed E-state index contributed by atoms with van der Waals surface area (Å²) in [5, 5.41) is 0. The van der Waals surface area contributed by atoms with Gasteiger partial charge in [-0.3, -0.25) is 0 Å². The van der Waals surface area contributed by atoms with Gasteiger partial charge in [-0.1, -0.05) is 32.5 Å². The molecule has 0 bridgehead atoms. The van der Waals surface area contributed by atoms with Crippen molar-refractivity contribution in [2.24, 2.45) is 0 Å². The van der Waals surface area contributed by atoms with Crippen molar-refractivity contribution in [1.29, 1.82) is 0 Å². The topological polar surface area (TPSA) is 9.23 Å². The van der Waals surface area contributed by atoms with E-state index in [0.717, 1.165) is 6.23 Å². The molecule has 0 radical (unpaired) electrons. The van der Waals surface area contributed by atoms with Gasteiger partial charge in [-0.05, 0) is 12.8 Å². The van der Waals surface area contributed by atoms with Crippen LogP contribution in [0.15, 0.2) is 0 Å². The highest BCUT2D eigenvalue weighted by atomic mass is 28.3. The minimum absolute atomic E-state index is 0.598. The molecule has 1 fully saturated rings. The average molecular weight is 172 g/mol. The van der Waals surface area contributed by atoms with E-state index < -0.39 is 8.07 Å². The number of rotatable bonds is 2. The highest BCUT2D eigenvalue weighted by Crippen LogP contribution is 2.24. The second kappa shape index (κ2) is 3.72. The van der Waals surface area contributed by atoms with Gasteiger partial charge in [0.05, 0.1) is 14.2 Å². The molecule has 0 saturated carbocycles. The monoisotopic (exact) mass is 172 g/mol. The molecule has 2 heteroatoms. The first-order valence-electron chi connectivity index (χ1n) is 4.76. The molecule has 0 unspecified atom stereocenters. The van der Waals surface area contributed by atoms with E-state index in [1.807, 2.05) is 0 Å². The van der Waals surface area contributed by atoms with Crippen LogP contribution in [0.1, 0.15) is 26.2 Å². The zero-order valence-electron chi connectivity index (χ0n) is 8.02. The summed E-state index contributed by atoms with van der Waals surface area (Å²) in [4.78, 5) is 0. The third-order valence-corrected chi connectivity index (χ3v) is 5.05. The third-order valence-electron chi connectivity index (χ3n) is 2.46. The molecule has 0 spiro atoms. The summed E-state index contributed by atoms with van der Waals surface area (Å²) in [6, 6.07) is 1.47. The van der Waals surface area contributed by atoms with Gasteiger partial charge in [-0.25, -0.2) is 0 Å². The van der Waals surface area contributed by atoms with Crippen molar-refractivity contribution in [3.63, 3.8) is 0 Å². The van der Waals surface area contributed by atoms with Gasteiger partial charge in [-0.15, -0.1) is 0 Å². The molecule has 0 aromatic carbocycles. The standard InChI is InChI=1S/C9H20OSi/c1-4-5-9-6-7-11(2,3)8-10-9/h9H,4-8H2,1-3H3/t9-/m1/s1. The Labute approximate surface area is 71.1 Å².